The molecule has 0 fully saturated rings. The molecule has 0 aliphatic heterocycles. The zero-order chi connectivity index (χ0) is 15.8. The van der Waals surface area contributed by atoms with Crippen LogP contribution in [0.2, 0.25) is 0 Å². The van der Waals surface area contributed by atoms with Crippen molar-refractivity contribution < 1.29 is 9.84 Å². The first-order valence-corrected chi connectivity index (χ1v) is 6.92. The summed E-state index contributed by atoms with van der Waals surface area (Å²) in [5.74, 6) is 0.451. The fraction of sp³-hybridized carbons (Fsp3) is 0.312. The molecule has 1 N–H and O–H groups in total. The van der Waals surface area contributed by atoms with Crippen LogP contribution >= 0.6 is 0 Å². The van der Waals surface area contributed by atoms with E-state index in [2.05, 4.69) is 9.97 Å². The van der Waals surface area contributed by atoms with E-state index in [1.54, 1.807) is 11.9 Å². The first kappa shape index (κ1) is 15.9. The number of ether oxygens (including phenoxy) is 1. The molecule has 0 saturated carbocycles. The third-order valence-corrected chi connectivity index (χ3v) is 3.05. The molecule has 0 aliphatic rings. The molecular formula is C16H18N4O2. The third kappa shape index (κ3) is 4.52. The van der Waals surface area contributed by atoms with Gasteiger partial charge < -0.3 is 14.7 Å². The number of hydrogen-bond acceptors (Lipinski definition) is 6. The summed E-state index contributed by atoms with van der Waals surface area (Å²) in [6.45, 7) is 0.972. The Kier molecular flexibility index (Phi) is 5.83. The highest BCUT2D eigenvalue weighted by Crippen LogP contribution is 2.12. The predicted octanol–water partition coefficient (Wildman–Crippen LogP) is 1.36. The summed E-state index contributed by atoms with van der Waals surface area (Å²) in [5.41, 5.74) is 1.30. The summed E-state index contributed by atoms with van der Waals surface area (Å²) in [5, 5.41) is 19.0. The monoisotopic (exact) mass is 298 g/mol. The SMILES string of the molecule is CN(C[C@@H](O)COCc1ccccc1)c1nccnc1C#N. The summed E-state index contributed by atoms with van der Waals surface area (Å²) in [6, 6.07) is 11.8. The maximum atomic E-state index is 10.0. The van der Waals surface area contributed by atoms with Crippen molar-refractivity contribution in [3.63, 3.8) is 0 Å². The van der Waals surface area contributed by atoms with Gasteiger partial charge in [-0.15, -0.1) is 0 Å². The summed E-state index contributed by atoms with van der Waals surface area (Å²) < 4.78 is 5.50. The van der Waals surface area contributed by atoms with Crippen LogP contribution in [0.25, 0.3) is 0 Å². The lowest BCUT2D eigenvalue weighted by Crippen LogP contribution is -2.33. The molecular weight excluding hydrogens is 280 g/mol. The van der Waals surface area contributed by atoms with E-state index in [1.807, 2.05) is 36.4 Å². The number of benzene rings is 1. The van der Waals surface area contributed by atoms with Gasteiger partial charge in [-0.1, -0.05) is 30.3 Å². The van der Waals surface area contributed by atoms with Gasteiger partial charge in [0.2, 0.25) is 0 Å². The molecule has 1 atom stereocenters. The molecule has 1 aromatic carbocycles. The molecule has 114 valence electrons. The van der Waals surface area contributed by atoms with E-state index in [-0.39, 0.29) is 12.3 Å². The topological polar surface area (TPSA) is 82.3 Å². The molecule has 1 heterocycles. The lowest BCUT2D eigenvalue weighted by Gasteiger charge is -2.21. The maximum Gasteiger partial charge on any atom is 0.183 e. The van der Waals surface area contributed by atoms with Crippen LogP contribution in [0.5, 0.6) is 0 Å². The van der Waals surface area contributed by atoms with Crippen molar-refractivity contribution in [3.8, 4) is 6.07 Å². The molecule has 0 radical (unpaired) electrons. The van der Waals surface area contributed by atoms with Gasteiger partial charge in [0.15, 0.2) is 11.5 Å². The molecule has 0 aliphatic carbocycles. The van der Waals surface area contributed by atoms with Crippen molar-refractivity contribution >= 4 is 5.82 Å². The van der Waals surface area contributed by atoms with Crippen molar-refractivity contribution in [3.05, 3.63) is 54.0 Å². The highest BCUT2D eigenvalue weighted by Gasteiger charge is 2.14. The van der Waals surface area contributed by atoms with Gasteiger partial charge in [-0.3, -0.25) is 0 Å². The Morgan fingerprint density at radius 3 is 2.73 bits per heavy atom. The Bertz CT molecular complexity index is 628. The second-order valence-electron chi connectivity index (χ2n) is 4.88. The molecule has 1 aromatic heterocycles. The Hall–Kier alpha value is -2.49. The smallest absolute Gasteiger partial charge is 0.183 e. The Balaban J connectivity index is 1.81. The number of aliphatic hydroxyl groups excluding tert-OH is 1. The van der Waals surface area contributed by atoms with Crippen LogP contribution in [0, 0.1) is 11.3 Å². The fourth-order valence-corrected chi connectivity index (χ4v) is 2.03. The van der Waals surface area contributed by atoms with Crippen LogP contribution in [-0.2, 0) is 11.3 Å². The second-order valence-corrected chi connectivity index (χ2v) is 4.88. The number of anilines is 1. The van der Waals surface area contributed by atoms with Crippen LogP contribution in [0.3, 0.4) is 0 Å². The standard InChI is InChI=1S/C16H18N4O2/c1-20(16-15(9-17)18-7-8-19-16)10-14(21)12-22-11-13-5-3-2-4-6-13/h2-8,14,21H,10-12H2,1H3/t14-/m1/s1. The van der Waals surface area contributed by atoms with E-state index in [0.717, 1.165) is 5.56 Å². The van der Waals surface area contributed by atoms with E-state index in [9.17, 15) is 5.11 Å². The fourth-order valence-electron chi connectivity index (χ4n) is 2.03. The average molecular weight is 298 g/mol. The van der Waals surface area contributed by atoms with E-state index in [1.165, 1.54) is 12.4 Å². The van der Waals surface area contributed by atoms with E-state index in [4.69, 9.17) is 10.00 Å². The number of nitrogens with zero attached hydrogens (tertiary/aromatic N) is 4. The van der Waals surface area contributed by atoms with Gasteiger partial charge in [0.05, 0.1) is 19.3 Å². The van der Waals surface area contributed by atoms with E-state index in [0.29, 0.717) is 19.0 Å². The van der Waals surface area contributed by atoms with Crippen LogP contribution in [0.15, 0.2) is 42.7 Å². The van der Waals surface area contributed by atoms with Gasteiger partial charge in [-0.25, -0.2) is 9.97 Å². The van der Waals surface area contributed by atoms with Crippen molar-refractivity contribution in [1.29, 1.82) is 5.26 Å². The number of rotatable bonds is 7. The summed E-state index contributed by atoms with van der Waals surface area (Å²) in [6.07, 6.45) is 2.31. The molecule has 0 amide bonds. The summed E-state index contributed by atoms with van der Waals surface area (Å²) >= 11 is 0. The number of hydrogen-bond donors (Lipinski definition) is 1. The van der Waals surface area contributed by atoms with Crippen molar-refractivity contribution in [2.24, 2.45) is 0 Å². The van der Waals surface area contributed by atoms with Gasteiger partial charge in [-0.05, 0) is 5.56 Å². The Morgan fingerprint density at radius 2 is 2.00 bits per heavy atom. The minimum atomic E-state index is -0.678. The summed E-state index contributed by atoms with van der Waals surface area (Å²) in [7, 11) is 1.76. The minimum absolute atomic E-state index is 0.210. The molecule has 2 rings (SSSR count). The Morgan fingerprint density at radius 1 is 1.27 bits per heavy atom. The first-order chi connectivity index (χ1) is 10.7. The molecule has 6 nitrogen and oxygen atoms in total. The second kappa shape index (κ2) is 8.08. The van der Waals surface area contributed by atoms with Crippen LogP contribution in [-0.4, -0.2) is 41.4 Å². The highest BCUT2D eigenvalue weighted by atomic mass is 16.5. The van der Waals surface area contributed by atoms with Crippen LogP contribution < -0.4 is 4.90 Å². The van der Waals surface area contributed by atoms with Crippen LogP contribution in [0.4, 0.5) is 5.82 Å². The Labute approximate surface area is 129 Å². The molecule has 0 spiro atoms. The lowest BCUT2D eigenvalue weighted by molar-refractivity contribution is 0.0324. The molecule has 6 heteroatoms. The highest BCUT2D eigenvalue weighted by molar-refractivity contribution is 5.48. The van der Waals surface area contributed by atoms with Gasteiger partial charge in [0.25, 0.3) is 0 Å². The van der Waals surface area contributed by atoms with Crippen molar-refractivity contribution in [2.75, 3.05) is 25.1 Å². The normalized spacial score (nSPS) is 11.7. The quantitative estimate of drug-likeness (QED) is 0.831. The van der Waals surface area contributed by atoms with Crippen molar-refractivity contribution in [2.45, 2.75) is 12.7 Å². The van der Waals surface area contributed by atoms with Gasteiger partial charge in [0.1, 0.15) is 6.07 Å². The number of aromatic nitrogens is 2. The van der Waals surface area contributed by atoms with E-state index < -0.39 is 6.10 Å². The van der Waals surface area contributed by atoms with Crippen LogP contribution in [0.1, 0.15) is 11.3 Å². The predicted molar refractivity (Wildman–Crippen MR) is 82.1 cm³/mol. The number of likely N-dealkylation sites (N-methyl/N-ethyl adjacent to an activating group) is 1. The van der Waals surface area contributed by atoms with Gasteiger partial charge in [-0.2, -0.15) is 5.26 Å². The third-order valence-electron chi connectivity index (χ3n) is 3.05. The zero-order valence-corrected chi connectivity index (χ0v) is 12.4. The summed E-state index contributed by atoms with van der Waals surface area (Å²) in [4.78, 5) is 9.77. The largest absolute Gasteiger partial charge is 0.389 e. The minimum Gasteiger partial charge on any atom is -0.389 e. The molecule has 0 saturated heterocycles. The molecule has 22 heavy (non-hydrogen) atoms. The van der Waals surface area contributed by atoms with Gasteiger partial charge >= 0.3 is 0 Å². The molecule has 0 unspecified atom stereocenters. The zero-order valence-electron chi connectivity index (χ0n) is 12.4. The first-order valence-electron chi connectivity index (χ1n) is 6.92. The van der Waals surface area contributed by atoms with Gasteiger partial charge in [0, 0.05) is 26.0 Å². The molecule has 0 bridgehead atoms. The number of aliphatic hydroxyl groups is 1. The number of nitriles is 1. The lowest BCUT2D eigenvalue weighted by atomic mass is 10.2. The van der Waals surface area contributed by atoms with Crippen molar-refractivity contribution in [1.82, 2.24) is 9.97 Å². The maximum absolute atomic E-state index is 10.0. The average Bonchev–Trinajstić information content (AvgIpc) is 2.55. The van der Waals surface area contributed by atoms with E-state index >= 15 is 0 Å². The molecule has 2 aromatic rings.